The van der Waals surface area contributed by atoms with Crippen molar-refractivity contribution in [3.8, 4) is 0 Å². The van der Waals surface area contributed by atoms with Crippen molar-refractivity contribution in [2.75, 3.05) is 26.4 Å². The molecule has 1 heterocycles. The lowest BCUT2D eigenvalue weighted by atomic mass is 9.99. The van der Waals surface area contributed by atoms with E-state index in [2.05, 4.69) is 90.9 Å². The van der Waals surface area contributed by atoms with Gasteiger partial charge < -0.3 is 34.3 Å². The predicted molar refractivity (Wildman–Crippen MR) is 239 cm³/mol. The van der Waals surface area contributed by atoms with E-state index in [4.69, 9.17) is 23.5 Å². The van der Waals surface area contributed by atoms with Crippen molar-refractivity contribution in [2.45, 2.75) is 192 Å². The number of hydrogen-bond acceptors (Lipinski definition) is 11. The molecule has 0 amide bonds. The van der Waals surface area contributed by atoms with E-state index in [-0.39, 0.29) is 19.6 Å². The van der Waals surface area contributed by atoms with Gasteiger partial charge in [0.05, 0.1) is 19.8 Å². The summed E-state index contributed by atoms with van der Waals surface area (Å²) in [6.45, 7) is 3.80. The second kappa shape index (κ2) is 38.2. The lowest BCUT2D eigenvalue weighted by Crippen LogP contribution is -2.60. The highest BCUT2D eigenvalue weighted by molar-refractivity contribution is 7.80. The zero-order valence-corrected chi connectivity index (χ0v) is 37.6. The zero-order chi connectivity index (χ0) is 43.9. The highest BCUT2D eigenvalue weighted by Crippen LogP contribution is 2.26. The molecule has 0 spiro atoms. The van der Waals surface area contributed by atoms with Crippen LogP contribution in [0.4, 0.5) is 0 Å². The van der Waals surface area contributed by atoms with E-state index in [0.717, 1.165) is 70.6 Å². The molecule has 6 unspecified atom stereocenters. The smallest absolute Gasteiger partial charge is 0.397 e. The number of ether oxygens (including phenoxy) is 4. The van der Waals surface area contributed by atoms with Crippen LogP contribution in [-0.2, 0) is 38.3 Å². The fourth-order valence-corrected chi connectivity index (χ4v) is 6.95. The third-order valence-electron chi connectivity index (χ3n) is 9.84. The van der Waals surface area contributed by atoms with Crippen LogP contribution in [0.5, 0.6) is 0 Å². The van der Waals surface area contributed by atoms with Gasteiger partial charge in [-0.3, -0.25) is 9.35 Å². The second-order valence-electron chi connectivity index (χ2n) is 15.3. The summed E-state index contributed by atoms with van der Waals surface area (Å²) < 4.78 is 59.0. The van der Waals surface area contributed by atoms with Crippen molar-refractivity contribution in [3.05, 3.63) is 72.9 Å². The molecule has 12 nitrogen and oxygen atoms in total. The molecule has 0 aliphatic carbocycles. The maximum Gasteiger partial charge on any atom is 0.397 e. The van der Waals surface area contributed by atoms with Gasteiger partial charge in [-0.25, -0.2) is 4.18 Å². The molecule has 1 saturated heterocycles. The fraction of sp³-hybridized carbons (Fsp3) is 0.723. The molecule has 1 aliphatic rings. The quantitative estimate of drug-likeness (QED) is 0.0200. The van der Waals surface area contributed by atoms with Gasteiger partial charge in [-0.1, -0.05) is 157 Å². The largest absolute Gasteiger partial charge is 0.457 e. The number of carbonyl (C=O) groups excluding carboxylic acids is 1. The molecule has 1 aliphatic heterocycles. The monoisotopic (exact) mass is 869 g/mol. The molecule has 0 bridgehead atoms. The molecule has 0 radical (unpaired) electrons. The highest BCUT2D eigenvalue weighted by Gasteiger charge is 2.48. The van der Waals surface area contributed by atoms with Gasteiger partial charge in [-0.05, 0) is 64.2 Å². The number of aliphatic hydroxyl groups excluding tert-OH is 3. The van der Waals surface area contributed by atoms with E-state index in [0.29, 0.717) is 13.0 Å². The van der Waals surface area contributed by atoms with Gasteiger partial charge in [0.2, 0.25) is 0 Å². The number of allylic oxidation sites excluding steroid dienone is 12. The Hall–Kier alpha value is -2.46. The molecule has 346 valence electrons. The first kappa shape index (κ1) is 55.6. The number of hydrogen-bond donors (Lipinski definition) is 4. The van der Waals surface area contributed by atoms with Crippen LogP contribution in [0.2, 0.25) is 0 Å². The van der Waals surface area contributed by atoms with Crippen molar-refractivity contribution in [1.29, 1.82) is 0 Å². The van der Waals surface area contributed by atoms with Crippen LogP contribution < -0.4 is 0 Å². The normalized spacial score (nSPS) is 20.9. The third-order valence-corrected chi connectivity index (χ3v) is 10.3. The van der Waals surface area contributed by atoms with Gasteiger partial charge in [0.1, 0.15) is 30.5 Å². The summed E-state index contributed by atoms with van der Waals surface area (Å²) in [6, 6.07) is 0. The number of aliphatic hydroxyl groups is 3. The van der Waals surface area contributed by atoms with Crippen LogP contribution in [0.25, 0.3) is 0 Å². The Labute approximate surface area is 362 Å². The first-order valence-corrected chi connectivity index (χ1v) is 24.1. The molecular formula is C47H80O12S. The predicted octanol–water partition coefficient (Wildman–Crippen LogP) is 9.52. The molecule has 13 heteroatoms. The minimum absolute atomic E-state index is 0.0160. The highest BCUT2D eigenvalue weighted by atomic mass is 32.3. The number of rotatable bonds is 38. The molecule has 0 saturated carbocycles. The Balaban J connectivity index is 2.46. The lowest BCUT2D eigenvalue weighted by Gasteiger charge is -2.41. The Morgan fingerprint density at radius 3 is 1.65 bits per heavy atom. The summed E-state index contributed by atoms with van der Waals surface area (Å²) in [7, 11) is -5.07. The van der Waals surface area contributed by atoms with Crippen LogP contribution in [0, 0.1) is 0 Å². The topological polar surface area (TPSA) is 178 Å². The summed E-state index contributed by atoms with van der Waals surface area (Å²) in [6.07, 6.45) is 39.4. The lowest BCUT2D eigenvalue weighted by molar-refractivity contribution is -0.301. The second-order valence-corrected chi connectivity index (χ2v) is 16.3. The van der Waals surface area contributed by atoms with Crippen molar-refractivity contribution in [2.24, 2.45) is 0 Å². The third kappa shape index (κ3) is 31.4. The van der Waals surface area contributed by atoms with Crippen molar-refractivity contribution in [1.82, 2.24) is 0 Å². The zero-order valence-electron chi connectivity index (χ0n) is 36.7. The summed E-state index contributed by atoms with van der Waals surface area (Å²) in [5.74, 6) is -0.443. The summed E-state index contributed by atoms with van der Waals surface area (Å²) in [4.78, 5) is 12.8. The molecule has 4 N–H and O–H groups in total. The van der Waals surface area contributed by atoms with E-state index < -0.39 is 59.8 Å². The first-order chi connectivity index (χ1) is 29.1. The first-order valence-electron chi connectivity index (χ1n) is 22.7. The van der Waals surface area contributed by atoms with E-state index in [1.165, 1.54) is 57.8 Å². The Morgan fingerprint density at radius 2 is 1.15 bits per heavy atom. The molecule has 0 aromatic heterocycles. The molecule has 60 heavy (non-hydrogen) atoms. The van der Waals surface area contributed by atoms with E-state index in [9.17, 15) is 28.5 Å². The summed E-state index contributed by atoms with van der Waals surface area (Å²) >= 11 is 0. The minimum Gasteiger partial charge on any atom is -0.457 e. The van der Waals surface area contributed by atoms with Gasteiger partial charge in [0, 0.05) is 13.0 Å². The minimum atomic E-state index is -5.07. The standard InChI is InChI=1S/C47H80O12S/c1-3-5-7-9-11-13-15-17-18-19-20-21-22-23-24-25-26-28-30-32-34-36-43(49)57-41(39-55-37-35-33-31-29-27-16-14-12-10-8-6-4-2)40-56-47-45(51)46(59-60(52,53)54)44(50)42(38-48)58-47/h5,7,11,13,17-18,20-21,23-24,26,28,41-42,44-48,50-51H,3-4,6,8-10,12,14-16,19,22,25,27,29-40H2,1-2H3,(H,52,53,54)/b7-5-,13-11-,18-17-,21-20-,24-23-,28-26-. The molecular weight excluding hydrogens is 789 g/mol. The summed E-state index contributed by atoms with van der Waals surface area (Å²) in [5.41, 5.74) is 0. The molecule has 1 rings (SSSR count). The average Bonchev–Trinajstić information content (AvgIpc) is 3.22. The molecule has 6 atom stereocenters. The van der Waals surface area contributed by atoms with Gasteiger partial charge in [0.15, 0.2) is 6.29 Å². The van der Waals surface area contributed by atoms with Crippen LogP contribution in [0.15, 0.2) is 72.9 Å². The van der Waals surface area contributed by atoms with E-state index in [1.807, 2.05) is 0 Å². The molecule has 0 aromatic carbocycles. The Morgan fingerprint density at radius 1 is 0.650 bits per heavy atom. The SMILES string of the molecule is CC/C=C\C/C=C\C/C=C\C/C=C\C/C=C\C/C=C\CCCCC(=O)OC(COCCCCCCCCCCCCCC)COC1OC(CO)C(O)C(OS(=O)(=O)O)C1O. The van der Waals surface area contributed by atoms with Crippen LogP contribution in [-0.4, -0.2) is 97.5 Å². The van der Waals surface area contributed by atoms with Crippen LogP contribution in [0.3, 0.4) is 0 Å². The van der Waals surface area contributed by atoms with Gasteiger partial charge >= 0.3 is 16.4 Å². The summed E-state index contributed by atoms with van der Waals surface area (Å²) in [5, 5.41) is 30.6. The molecule has 0 aromatic rings. The number of esters is 1. The van der Waals surface area contributed by atoms with Crippen LogP contribution >= 0.6 is 0 Å². The van der Waals surface area contributed by atoms with Crippen molar-refractivity contribution in [3.63, 3.8) is 0 Å². The average molecular weight is 869 g/mol. The van der Waals surface area contributed by atoms with Gasteiger partial charge in [-0.15, -0.1) is 0 Å². The Kier molecular flexibility index (Phi) is 35.4. The maximum atomic E-state index is 12.8. The van der Waals surface area contributed by atoms with E-state index >= 15 is 0 Å². The Bertz CT molecular complexity index is 1330. The number of carbonyl (C=O) groups is 1. The fourth-order valence-electron chi connectivity index (χ4n) is 6.44. The van der Waals surface area contributed by atoms with Crippen molar-refractivity contribution >= 4 is 16.4 Å². The maximum absolute atomic E-state index is 12.8. The van der Waals surface area contributed by atoms with E-state index in [1.54, 1.807) is 0 Å². The van der Waals surface area contributed by atoms with Gasteiger partial charge in [-0.2, -0.15) is 8.42 Å². The van der Waals surface area contributed by atoms with Crippen molar-refractivity contribution < 1.29 is 56.2 Å². The number of unbranched alkanes of at least 4 members (excludes halogenated alkanes) is 13. The van der Waals surface area contributed by atoms with Gasteiger partial charge in [0.25, 0.3) is 0 Å². The molecule has 1 fully saturated rings. The van der Waals surface area contributed by atoms with Crippen LogP contribution in [0.1, 0.15) is 155 Å².